The Hall–Kier alpha value is -2.48. The van der Waals surface area contributed by atoms with Crippen molar-refractivity contribution in [2.24, 2.45) is 0 Å². The molecule has 1 saturated heterocycles. The number of nitrogens with zero attached hydrogens (tertiary/aromatic N) is 3. The van der Waals surface area contributed by atoms with Gasteiger partial charge in [-0.1, -0.05) is 12.1 Å². The number of carbonyl (C=O) groups is 1. The van der Waals surface area contributed by atoms with Gasteiger partial charge in [-0.2, -0.15) is 13.2 Å². The van der Waals surface area contributed by atoms with Crippen LogP contribution in [0.15, 0.2) is 42.6 Å². The SMILES string of the molecule is O=CC(CN1CCN(c2cc(C(F)(F)F)ccn2)CC1)c1ccc(F)cc1. The second-order valence-corrected chi connectivity index (χ2v) is 6.48. The Kier molecular flexibility index (Phi) is 5.74. The fourth-order valence-corrected chi connectivity index (χ4v) is 3.14. The molecule has 0 aliphatic carbocycles. The van der Waals surface area contributed by atoms with Crippen molar-refractivity contribution in [3.05, 3.63) is 59.5 Å². The van der Waals surface area contributed by atoms with Crippen molar-refractivity contribution in [1.82, 2.24) is 9.88 Å². The van der Waals surface area contributed by atoms with E-state index in [1.807, 2.05) is 0 Å². The Labute approximate surface area is 154 Å². The van der Waals surface area contributed by atoms with Crippen molar-refractivity contribution < 1.29 is 22.4 Å². The summed E-state index contributed by atoms with van der Waals surface area (Å²) in [6.07, 6.45) is -2.39. The second-order valence-electron chi connectivity index (χ2n) is 6.48. The number of aromatic nitrogens is 1. The fraction of sp³-hybridized carbons (Fsp3) is 0.368. The maximum absolute atomic E-state index is 13.0. The summed E-state index contributed by atoms with van der Waals surface area (Å²) < 4.78 is 51.6. The van der Waals surface area contributed by atoms with Crippen LogP contribution in [-0.4, -0.2) is 48.9 Å². The fourth-order valence-electron chi connectivity index (χ4n) is 3.14. The van der Waals surface area contributed by atoms with E-state index < -0.39 is 11.7 Å². The normalized spacial score (nSPS) is 17.0. The molecule has 1 atom stereocenters. The molecule has 1 aliphatic heterocycles. The third kappa shape index (κ3) is 4.82. The molecule has 1 aliphatic rings. The maximum atomic E-state index is 13.0. The molecule has 27 heavy (non-hydrogen) atoms. The highest BCUT2D eigenvalue weighted by atomic mass is 19.4. The van der Waals surface area contributed by atoms with Crippen LogP contribution in [0.1, 0.15) is 17.0 Å². The summed E-state index contributed by atoms with van der Waals surface area (Å²) >= 11 is 0. The van der Waals surface area contributed by atoms with Crippen LogP contribution in [0.25, 0.3) is 0 Å². The van der Waals surface area contributed by atoms with Gasteiger partial charge in [0.2, 0.25) is 0 Å². The predicted molar refractivity (Wildman–Crippen MR) is 93.1 cm³/mol. The Morgan fingerprint density at radius 3 is 2.33 bits per heavy atom. The van der Waals surface area contributed by atoms with Crippen LogP contribution in [0.4, 0.5) is 23.4 Å². The van der Waals surface area contributed by atoms with Gasteiger partial charge in [-0.05, 0) is 29.8 Å². The zero-order valence-corrected chi connectivity index (χ0v) is 14.5. The Bertz CT molecular complexity index is 771. The molecule has 0 saturated carbocycles. The van der Waals surface area contributed by atoms with Gasteiger partial charge in [0.05, 0.1) is 11.5 Å². The first-order chi connectivity index (χ1) is 12.9. The van der Waals surface area contributed by atoms with Crippen molar-refractivity contribution in [2.75, 3.05) is 37.6 Å². The molecule has 2 aromatic rings. The molecule has 2 heterocycles. The van der Waals surface area contributed by atoms with E-state index in [1.54, 1.807) is 17.0 Å². The molecule has 1 aromatic heterocycles. The number of pyridine rings is 1. The molecule has 0 bridgehead atoms. The highest BCUT2D eigenvalue weighted by Gasteiger charge is 2.31. The van der Waals surface area contributed by atoms with E-state index in [9.17, 15) is 22.4 Å². The molecule has 8 heteroatoms. The zero-order chi connectivity index (χ0) is 19.4. The largest absolute Gasteiger partial charge is 0.416 e. The highest BCUT2D eigenvalue weighted by molar-refractivity contribution is 5.62. The number of rotatable bonds is 5. The van der Waals surface area contributed by atoms with Gasteiger partial charge in [-0.15, -0.1) is 0 Å². The number of hydrogen-bond acceptors (Lipinski definition) is 4. The summed E-state index contributed by atoms with van der Waals surface area (Å²) in [5.74, 6) is -0.427. The summed E-state index contributed by atoms with van der Waals surface area (Å²) in [5, 5.41) is 0. The number of anilines is 1. The number of alkyl halides is 3. The Balaban J connectivity index is 1.60. The van der Waals surface area contributed by atoms with Gasteiger partial charge >= 0.3 is 6.18 Å². The smallest absolute Gasteiger partial charge is 0.354 e. The van der Waals surface area contributed by atoms with Crippen LogP contribution in [0.3, 0.4) is 0 Å². The number of aldehydes is 1. The zero-order valence-electron chi connectivity index (χ0n) is 14.5. The van der Waals surface area contributed by atoms with Crippen molar-refractivity contribution in [3.63, 3.8) is 0 Å². The molecule has 4 nitrogen and oxygen atoms in total. The molecule has 0 radical (unpaired) electrons. The van der Waals surface area contributed by atoms with Gasteiger partial charge in [0.25, 0.3) is 0 Å². The molecular weight excluding hydrogens is 362 g/mol. The van der Waals surface area contributed by atoms with E-state index >= 15 is 0 Å². The molecule has 1 fully saturated rings. The Morgan fingerprint density at radius 2 is 1.74 bits per heavy atom. The number of halogens is 4. The van der Waals surface area contributed by atoms with E-state index in [0.29, 0.717) is 38.5 Å². The molecule has 0 amide bonds. The maximum Gasteiger partial charge on any atom is 0.416 e. The van der Waals surface area contributed by atoms with Crippen molar-refractivity contribution in [3.8, 4) is 0 Å². The third-order valence-electron chi connectivity index (χ3n) is 4.69. The van der Waals surface area contributed by atoms with Crippen molar-refractivity contribution in [2.45, 2.75) is 12.1 Å². The average Bonchev–Trinajstić information content (AvgIpc) is 2.67. The van der Waals surface area contributed by atoms with E-state index in [4.69, 9.17) is 0 Å². The van der Waals surface area contributed by atoms with Crippen LogP contribution in [0.2, 0.25) is 0 Å². The first-order valence-corrected chi connectivity index (χ1v) is 8.58. The van der Waals surface area contributed by atoms with Crippen LogP contribution in [0, 0.1) is 5.82 Å². The van der Waals surface area contributed by atoms with Gasteiger partial charge in [0.15, 0.2) is 0 Å². The van der Waals surface area contributed by atoms with Crippen LogP contribution in [0.5, 0.6) is 0 Å². The molecule has 0 N–H and O–H groups in total. The van der Waals surface area contributed by atoms with Crippen LogP contribution < -0.4 is 4.90 Å². The lowest BCUT2D eigenvalue weighted by atomic mass is 9.99. The second kappa shape index (κ2) is 8.04. The lowest BCUT2D eigenvalue weighted by molar-refractivity contribution is -0.137. The predicted octanol–water partition coefficient (Wildman–Crippen LogP) is 3.34. The summed E-state index contributed by atoms with van der Waals surface area (Å²) in [7, 11) is 0. The Morgan fingerprint density at radius 1 is 1.07 bits per heavy atom. The van der Waals surface area contributed by atoms with Gasteiger partial charge in [-0.25, -0.2) is 9.37 Å². The van der Waals surface area contributed by atoms with Gasteiger partial charge < -0.3 is 9.69 Å². The molecule has 1 aromatic carbocycles. The van der Waals surface area contributed by atoms with Crippen molar-refractivity contribution >= 4 is 12.1 Å². The topological polar surface area (TPSA) is 36.4 Å². The summed E-state index contributed by atoms with van der Waals surface area (Å²) in [6, 6.07) is 7.85. The minimum Gasteiger partial charge on any atom is -0.354 e. The lowest BCUT2D eigenvalue weighted by Gasteiger charge is -2.36. The molecule has 144 valence electrons. The first kappa shape index (κ1) is 19.3. The number of hydrogen-bond donors (Lipinski definition) is 0. The standard InChI is InChI=1S/C19H19F4N3O/c20-17-3-1-14(2-4-17)15(13-27)12-25-7-9-26(10-8-25)18-11-16(5-6-24-18)19(21,22)23/h1-6,11,13,15H,7-10,12H2. The van der Waals surface area contributed by atoms with Crippen LogP contribution >= 0.6 is 0 Å². The molecule has 3 rings (SSSR count). The monoisotopic (exact) mass is 381 g/mol. The quantitative estimate of drug-likeness (QED) is 0.588. The van der Waals surface area contributed by atoms with Gasteiger partial charge in [0.1, 0.15) is 17.9 Å². The summed E-state index contributed by atoms with van der Waals surface area (Å²) in [5.41, 5.74) is 0.0284. The summed E-state index contributed by atoms with van der Waals surface area (Å²) in [6.45, 7) is 2.72. The average molecular weight is 381 g/mol. The van der Waals surface area contributed by atoms with E-state index in [0.717, 1.165) is 24.0 Å². The number of piperazine rings is 1. The molecule has 0 spiro atoms. The van der Waals surface area contributed by atoms with E-state index in [1.165, 1.54) is 18.3 Å². The third-order valence-corrected chi connectivity index (χ3v) is 4.69. The minimum absolute atomic E-state index is 0.301. The number of benzene rings is 1. The lowest BCUT2D eigenvalue weighted by Crippen LogP contribution is -2.48. The van der Waals surface area contributed by atoms with E-state index in [-0.39, 0.29) is 11.7 Å². The first-order valence-electron chi connectivity index (χ1n) is 8.58. The molecular formula is C19H19F4N3O. The minimum atomic E-state index is -4.40. The van der Waals surface area contributed by atoms with E-state index in [2.05, 4.69) is 9.88 Å². The van der Waals surface area contributed by atoms with Crippen LogP contribution in [-0.2, 0) is 11.0 Å². The summed E-state index contributed by atoms with van der Waals surface area (Å²) in [4.78, 5) is 19.4. The number of carbonyl (C=O) groups excluding carboxylic acids is 1. The molecule has 1 unspecified atom stereocenters. The van der Waals surface area contributed by atoms with Gasteiger partial charge in [-0.3, -0.25) is 4.90 Å². The highest BCUT2D eigenvalue weighted by Crippen LogP contribution is 2.31. The van der Waals surface area contributed by atoms with Crippen molar-refractivity contribution in [1.29, 1.82) is 0 Å². The van der Waals surface area contributed by atoms with Gasteiger partial charge in [0, 0.05) is 38.9 Å².